The number of carbonyl (C=O) groups excluding carboxylic acids is 2. The van der Waals surface area contributed by atoms with Crippen LogP contribution in [0.15, 0.2) is 23.7 Å². The van der Waals surface area contributed by atoms with E-state index in [0.717, 1.165) is 0 Å². The zero-order valence-corrected chi connectivity index (χ0v) is 12.5. The number of aliphatic hydroxyl groups excluding tert-OH is 2. The monoisotopic (exact) mass is 264 g/mol. The van der Waals surface area contributed by atoms with E-state index in [2.05, 4.69) is 0 Å². The summed E-state index contributed by atoms with van der Waals surface area (Å²) in [6.45, 7) is 5.70. The topological polar surface area (TPSA) is 74.6 Å². The normalized spacial score (nSPS) is 10.7. The number of allylic oxidation sites excluding steroid dienone is 4. The maximum Gasteiger partial charge on any atom is 0.155 e. The van der Waals surface area contributed by atoms with Crippen molar-refractivity contribution in [2.24, 2.45) is 0 Å². The SMILES string of the molecule is CC(=O)/C=C(/C)O.CC(=O)/C=C(\C)O.[Zn]. The van der Waals surface area contributed by atoms with Gasteiger partial charge in [-0.05, 0) is 27.7 Å². The first-order valence-corrected chi connectivity index (χ1v) is 4.01. The number of rotatable bonds is 2. The van der Waals surface area contributed by atoms with Gasteiger partial charge in [0.1, 0.15) is 0 Å². The predicted octanol–water partition coefficient (Wildman–Crippen LogP) is 2.07. The van der Waals surface area contributed by atoms with Crippen LogP contribution in [0.2, 0.25) is 0 Å². The third-order valence-electron chi connectivity index (χ3n) is 0.824. The van der Waals surface area contributed by atoms with Crippen LogP contribution in [-0.4, -0.2) is 21.8 Å². The van der Waals surface area contributed by atoms with E-state index in [1.54, 1.807) is 0 Å². The standard InChI is InChI=1S/2C5H8O2.Zn/c2*1-4(6)3-5(2)7;/h2*3,6H,1-2H3;/b4-3+;4-3-;. The van der Waals surface area contributed by atoms with E-state index in [4.69, 9.17) is 10.2 Å². The fraction of sp³-hybridized carbons (Fsp3) is 0.400. The summed E-state index contributed by atoms with van der Waals surface area (Å²) in [7, 11) is 0. The molecule has 15 heavy (non-hydrogen) atoms. The van der Waals surface area contributed by atoms with Gasteiger partial charge in [-0.3, -0.25) is 9.59 Å². The summed E-state index contributed by atoms with van der Waals surface area (Å²) < 4.78 is 0. The molecule has 0 aromatic rings. The smallest absolute Gasteiger partial charge is 0.155 e. The second kappa shape index (κ2) is 11.1. The van der Waals surface area contributed by atoms with Crippen LogP contribution < -0.4 is 0 Å². The van der Waals surface area contributed by atoms with Crippen molar-refractivity contribution in [2.75, 3.05) is 0 Å². The first-order chi connectivity index (χ1) is 6.25. The molecule has 2 N–H and O–H groups in total. The molecule has 0 aromatic heterocycles. The molecule has 0 aliphatic carbocycles. The molecule has 0 fully saturated rings. The van der Waals surface area contributed by atoms with Crippen molar-refractivity contribution in [2.45, 2.75) is 27.7 Å². The number of hydrogen-bond donors (Lipinski definition) is 2. The Hall–Kier alpha value is -0.957. The molecule has 0 unspecified atom stereocenters. The summed E-state index contributed by atoms with van der Waals surface area (Å²) >= 11 is 0. The molecule has 0 radical (unpaired) electrons. The van der Waals surface area contributed by atoms with Gasteiger partial charge in [0.25, 0.3) is 0 Å². The molecule has 0 aromatic carbocycles. The van der Waals surface area contributed by atoms with E-state index < -0.39 is 0 Å². The first kappa shape index (κ1) is 19.6. The fourth-order valence-corrected chi connectivity index (χ4v) is 0.588. The third-order valence-corrected chi connectivity index (χ3v) is 0.824. The minimum Gasteiger partial charge on any atom is -0.512 e. The van der Waals surface area contributed by atoms with Crippen LogP contribution >= 0.6 is 0 Å². The number of carbonyl (C=O) groups is 2. The Morgan fingerprint density at radius 3 is 1.00 bits per heavy atom. The molecule has 0 bridgehead atoms. The van der Waals surface area contributed by atoms with E-state index in [-0.39, 0.29) is 42.6 Å². The van der Waals surface area contributed by atoms with Gasteiger partial charge < -0.3 is 10.2 Å². The quantitative estimate of drug-likeness (QED) is 0.455. The molecule has 82 valence electrons. The summed E-state index contributed by atoms with van der Waals surface area (Å²) in [5.41, 5.74) is 0. The van der Waals surface area contributed by atoms with Crippen LogP contribution in [0.1, 0.15) is 27.7 Å². The maximum absolute atomic E-state index is 10.0. The Bertz CT molecular complexity index is 231. The van der Waals surface area contributed by atoms with Crippen LogP contribution in [0.5, 0.6) is 0 Å². The first-order valence-electron chi connectivity index (χ1n) is 4.01. The maximum atomic E-state index is 10.0. The average molecular weight is 266 g/mol. The van der Waals surface area contributed by atoms with Crippen LogP contribution in [0.3, 0.4) is 0 Å². The Labute approximate surface area is 102 Å². The molecule has 0 atom stereocenters. The molecule has 0 saturated heterocycles. The van der Waals surface area contributed by atoms with Crippen LogP contribution in [0.4, 0.5) is 0 Å². The van der Waals surface area contributed by atoms with Crippen LogP contribution in [-0.2, 0) is 29.1 Å². The van der Waals surface area contributed by atoms with E-state index in [1.807, 2.05) is 0 Å². The Balaban J connectivity index is -0.000000180. The summed E-state index contributed by atoms with van der Waals surface area (Å²) in [6.07, 6.45) is 2.33. The average Bonchev–Trinajstić information content (AvgIpc) is 1.79. The van der Waals surface area contributed by atoms with Crippen molar-refractivity contribution in [3.63, 3.8) is 0 Å². The zero-order chi connectivity index (χ0) is 11.7. The molecule has 5 heteroatoms. The van der Waals surface area contributed by atoms with Gasteiger partial charge >= 0.3 is 0 Å². The van der Waals surface area contributed by atoms with E-state index in [1.165, 1.54) is 39.8 Å². The molecule has 0 saturated carbocycles. The Kier molecular flexibility index (Phi) is 14.5. The molecular weight excluding hydrogens is 249 g/mol. The number of ketones is 2. The molecule has 0 amide bonds. The van der Waals surface area contributed by atoms with Gasteiger partial charge in [-0.25, -0.2) is 0 Å². The number of hydrogen-bond acceptors (Lipinski definition) is 4. The summed E-state index contributed by atoms with van der Waals surface area (Å²) in [5, 5.41) is 16.7. The summed E-state index contributed by atoms with van der Waals surface area (Å²) in [6, 6.07) is 0. The van der Waals surface area contributed by atoms with Gasteiger partial charge in [0.2, 0.25) is 0 Å². The predicted molar refractivity (Wildman–Crippen MR) is 54.1 cm³/mol. The minimum atomic E-state index is -0.125. The van der Waals surface area contributed by atoms with Crippen molar-refractivity contribution in [1.29, 1.82) is 0 Å². The second-order valence-electron chi connectivity index (χ2n) is 2.79. The molecular formula is C10H16O4Zn. The summed E-state index contributed by atoms with van der Waals surface area (Å²) in [4.78, 5) is 20.0. The largest absolute Gasteiger partial charge is 0.512 e. The zero-order valence-electron chi connectivity index (χ0n) is 9.57. The van der Waals surface area contributed by atoms with Gasteiger partial charge in [-0.2, -0.15) is 0 Å². The van der Waals surface area contributed by atoms with E-state index in [0.29, 0.717) is 0 Å². The second-order valence-corrected chi connectivity index (χ2v) is 2.79. The van der Waals surface area contributed by atoms with E-state index >= 15 is 0 Å². The van der Waals surface area contributed by atoms with E-state index in [9.17, 15) is 9.59 Å². The van der Waals surface area contributed by atoms with Crippen molar-refractivity contribution in [1.82, 2.24) is 0 Å². The minimum absolute atomic E-state index is 0. The molecule has 0 heterocycles. The molecule has 0 rings (SSSR count). The van der Waals surface area contributed by atoms with Crippen molar-refractivity contribution >= 4 is 11.6 Å². The van der Waals surface area contributed by atoms with Crippen molar-refractivity contribution in [3.8, 4) is 0 Å². The third kappa shape index (κ3) is 32.1. The van der Waals surface area contributed by atoms with Crippen molar-refractivity contribution < 1.29 is 39.3 Å². The van der Waals surface area contributed by atoms with Crippen LogP contribution in [0, 0.1) is 0 Å². The van der Waals surface area contributed by atoms with Gasteiger partial charge in [-0.1, -0.05) is 0 Å². The Morgan fingerprint density at radius 1 is 0.800 bits per heavy atom. The fourth-order valence-electron chi connectivity index (χ4n) is 0.588. The molecule has 0 spiro atoms. The van der Waals surface area contributed by atoms with Gasteiger partial charge in [0, 0.05) is 31.6 Å². The van der Waals surface area contributed by atoms with Crippen molar-refractivity contribution in [3.05, 3.63) is 23.7 Å². The van der Waals surface area contributed by atoms with Crippen LogP contribution in [0.25, 0.3) is 0 Å². The van der Waals surface area contributed by atoms with Gasteiger partial charge in [0.05, 0.1) is 11.5 Å². The van der Waals surface area contributed by atoms with Gasteiger partial charge in [-0.15, -0.1) is 0 Å². The van der Waals surface area contributed by atoms with Gasteiger partial charge in [0.15, 0.2) is 11.6 Å². The summed E-state index contributed by atoms with van der Waals surface area (Å²) in [5.74, 6) is -0.125. The number of aliphatic hydroxyl groups is 2. The molecule has 0 aliphatic heterocycles. The Morgan fingerprint density at radius 2 is 1.00 bits per heavy atom. The molecule has 0 aliphatic rings. The molecule has 4 nitrogen and oxygen atoms in total.